The Kier molecular flexibility index (Phi) is 4.09. The predicted octanol–water partition coefficient (Wildman–Crippen LogP) is 2.63. The number of likely N-dealkylation sites (tertiary alicyclic amines) is 1. The van der Waals surface area contributed by atoms with E-state index in [1.54, 1.807) is 0 Å². The van der Waals surface area contributed by atoms with E-state index in [2.05, 4.69) is 5.32 Å². The first kappa shape index (κ1) is 14.6. The highest BCUT2D eigenvalue weighted by Gasteiger charge is 2.53. The molecular formula is C15H28N2O2. The SMILES string of the molecule is CNCC1CC12CCCN(C(=O)OC(C)(C)C)CC2. The van der Waals surface area contributed by atoms with Gasteiger partial charge in [0.1, 0.15) is 5.60 Å². The second-order valence-electron chi connectivity index (χ2n) is 7.14. The Balaban J connectivity index is 1.86. The molecule has 1 N–H and O–H groups in total. The molecule has 2 unspecified atom stereocenters. The maximum Gasteiger partial charge on any atom is 0.410 e. The highest BCUT2D eigenvalue weighted by molar-refractivity contribution is 5.68. The molecule has 2 aliphatic rings. The van der Waals surface area contributed by atoms with Crippen molar-refractivity contribution < 1.29 is 9.53 Å². The molecule has 1 aliphatic carbocycles. The van der Waals surface area contributed by atoms with Gasteiger partial charge in [-0.3, -0.25) is 0 Å². The summed E-state index contributed by atoms with van der Waals surface area (Å²) in [4.78, 5) is 14.0. The molecule has 4 nitrogen and oxygen atoms in total. The maximum absolute atomic E-state index is 12.1. The van der Waals surface area contributed by atoms with Crippen molar-refractivity contribution in [3.05, 3.63) is 0 Å². The Morgan fingerprint density at radius 3 is 2.74 bits per heavy atom. The molecule has 1 heterocycles. The van der Waals surface area contributed by atoms with E-state index in [4.69, 9.17) is 4.74 Å². The summed E-state index contributed by atoms with van der Waals surface area (Å²) in [5.74, 6) is 0.816. The van der Waals surface area contributed by atoms with Crippen molar-refractivity contribution in [2.45, 2.75) is 52.1 Å². The van der Waals surface area contributed by atoms with Gasteiger partial charge in [0, 0.05) is 13.1 Å². The smallest absolute Gasteiger partial charge is 0.410 e. The van der Waals surface area contributed by atoms with Crippen molar-refractivity contribution in [2.24, 2.45) is 11.3 Å². The summed E-state index contributed by atoms with van der Waals surface area (Å²) < 4.78 is 5.47. The minimum atomic E-state index is -0.394. The molecule has 2 fully saturated rings. The van der Waals surface area contributed by atoms with E-state index in [-0.39, 0.29) is 6.09 Å². The van der Waals surface area contributed by atoms with Crippen LogP contribution in [0.2, 0.25) is 0 Å². The maximum atomic E-state index is 12.1. The van der Waals surface area contributed by atoms with Crippen LogP contribution < -0.4 is 5.32 Å². The lowest BCUT2D eigenvalue weighted by atomic mass is 9.94. The van der Waals surface area contributed by atoms with E-state index >= 15 is 0 Å². The van der Waals surface area contributed by atoms with Crippen LogP contribution in [0.5, 0.6) is 0 Å². The van der Waals surface area contributed by atoms with Crippen molar-refractivity contribution in [1.29, 1.82) is 0 Å². The number of hydrogen-bond acceptors (Lipinski definition) is 3. The summed E-state index contributed by atoms with van der Waals surface area (Å²) in [6.45, 7) is 8.60. The second-order valence-corrected chi connectivity index (χ2v) is 7.14. The van der Waals surface area contributed by atoms with Crippen LogP contribution in [0, 0.1) is 11.3 Å². The summed E-state index contributed by atoms with van der Waals surface area (Å²) in [6.07, 6.45) is 4.70. The van der Waals surface area contributed by atoms with Crippen LogP contribution in [0.3, 0.4) is 0 Å². The zero-order valence-corrected chi connectivity index (χ0v) is 12.8. The van der Waals surface area contributed by atoms with E-state index < -0.39 is 5.60 Å². The van der Waals surface area contributed by atoms with E-state index in [1.165, 1.54) is 12.8 Å². The summed E-state index contributed by atoms with van der Waals surface area (Å²) in [5, 5.41) is 3.28. The average Bonchev–Trinajstić information content (AvgIpc) is 3.00. The number of carbonyl (C=O) groups is 1. The van der Waals surface area contributed by atoms with E-state index in [0.29, 0.717) is 5.41 Å². The first-order chi connectivity index (χ1) is 8.86. The number of hydrogen-bond donors (Lipinski definition) is 1. The zero-order chi connectivity index (χ0) is 14.1. The molecule has 1 amide bonds. The molecule has 0 bridgehead atoms. The third-order valence-electron chi connectivity index (χ3n) is 4.44. The molecule has 0 aromatic carbocycles. The molecule has 19 heavy (non-hydrogen) atoms. The van der Waals surface area contributed by atoms with Gasteiger partial charge in [-0.05, 0) is 71.4 Å². The van der Waals surface area contributed by atoms with Crippen LogP contribution in [0.15, 0.2) is 0 Å². The van der Waals surface area contributed by atoms with Gasteiger partial charge in [-0.1, -0.05) is 0 Å². The third kappa shape index (κ3) is 3.62. The highest BCUT2D eigenvalue weighted by atomic mass is 16.6. The standard InChI is InChI=1S/C15H28N2O2/c1-14(2,3)19-13(18)17-8-5-6-15(7-9-17)10-12(15)11-16-4/h12,16H,5-11H2,1-4H3. The van der Waals surface area contributed by atoms with Crippen molar-refractivity contribution in [3.63, 3.8) is 0 Å². The largest absolute Gasteiger partial charge is 0.444 e. The third-order valence-corrected chi connectivity index (χ3v) is 4.44. The molecule has 4 heteroatoms. The van der Waals surface area contributed by atoms with E-state index in [9.17, 15) is 4.79 Å². The summed E-state index contributed by atoms with van der Waals surface area (Å²) in [7, 11) is 2.02. The van der Waals surface area contributed by atoms with Gasteiger partial charge >= 0.3 is 6.09 Å². The molecular weight excluding hydrogens is 240 g/mol. The predicted molar refractivity (Wildman–Crippen MR) is 76.1 cm³/mol. The van der Waals surface area contributed by atoms with E-state index in [1.807, 2.05) is 32.7 Å². The average molecular weight is 268 g/mol. The minimum Gasteiger partial charge on any atom is -0.444 e. The fourth-order valence-corrected chi connectivity index (χ4v) is 3.30. The Hall–Kier alpha value is -0.770. The molecule has 0 aromatic rings. The van der Waals surface area contributed by atoms with Crippen LogP contribution in [-0.4, -0.2) is 43.3 Å². The molecule has 0 radical (unpaired) electrons. The molecule has 110 valence electrons. The normalized spacial score (nSPS) is 31.2. The molecule has 0 aromatic heterocycles. The molecule has 1 saturated heterocycles. The summed E-state index contributed by atoms with van der Waals surface area (Å²) >= 11 is 0. The topological polar surface area (TPSA) is 41.6 Å². The minimum absolute atomic E-state index is 0.143. The van der Waals surface area contributed by atoms with Gasteiger partial charge in [0.15, 0.2) is 0 Å². The van der Waals surface area contributed by atoms with Gasteiger partial charge < -0.3 is 15.0 Å². The monoisotopic (exact) mass is 268 g/mol. The van der Waals surface area contributed by atoms with Crippen LogP contribution in [-0.2, 0) is 4.74 Å². The molecule has 1 spiro atoms. The number of nitrogens with one attached hydrogen (secondary N) is 1. The fourth-order valence-electron chi connectivity index (χ4n) is 3.30. The quantitative estimate of drug-likeness (QED) is 0.837. The van der Waals surface area contributed by atoms with Crippen LogP contribution in [0.4, 0.5) is 4.79 Å². The van der Waals surface area contributed by atoms with Crippen molar-refractivity contribution >= 4 is 6.09 Å². The van der Waals surface area contributed by atoms with Crippen LogP contribution >= 0.6 is 0 Å². The Morgan fingerprint density at radius 1 is 1.37 bits per heavy atom. The van der Waals surface area contributed by atoms with Crippen molar-refractivity contribution in [1.82, 2.24) is 10.2 Å². The fraction of sp³-hybridized carbons (Fsp3) is 0.933. The number of carbonyl (C=O) groups excluding carboxylic acids is 1. The summed E-state index contributed by atoms with van der Waals surface area (Å²) in [6, 6.07) is 0. The van der Waals surface area contributed by atoms with E-state index in [0.717, 1.165) is 38.4 Å². The van der Waals surface area contributed by atoms with Crippen LogP contribution in [0.25, 0.3) is 0 Å². The second kappa shape index (κ2) is 5.31. The number of nitrogens with zero attached hydrogens (tertiary/aromatic N) is 1. The lowest BCUT2D eigenvalue weighted by Gasteiger charge is -2.26. The first-order valence-electron chi connectivity index (χ1n) is 7.49. The van der Waals surface area contributed by atoms with Gasteiger partial charge in [0.05, 0.1) is 0 Å². The molecule has 1 aliphatic heterocycles. The first-order valence-corrected chi connectivity index (χ1v) is 7.49. The zero-order valence-electron chi connectivity index (χ0n) is 12.8. The number of ether oxygens (including phenoxy) is 1. The molecule has 2 atom stereocenters. The van der Waals surface area contributed by atoms with Crippen molar-refractivity contribution in [3.8, 4) is 0 Å². The van der Waals surface area contributed by atoms with Gasteiger partial charge in [-0.15, -0.1) is 0 Å². The Morgan fingerprint density at radius 2 is 2.11 bits per heavy atom. The Labute approximate surface area is 116 Å². The van der Waals surface area contributed by atoms with Gasteiger partial charge in [0.25, 0.3) is 0 Å². The van der Waals surface area contributed by atoms with Crippen molar-refractivity contribution in [2.75, 3.05) is 26.7 Å². The molecule has 1 saturated carbocycles. The Bertz CT molecular complexity index is 338. The highest BCUT2D eigenvalue weighted by Crippen LogP contribution is 2.58. The molecule has 2 rings (SSSR count). The summed E-state index contributed by atoms with van der Waals surface area (Å²) in [5.41, 5.74) is 0.120. The van der Waals surface area contributed by atoms with Gasteiger partial charge in [-0.25, -0.2) is 4.79 Å². The van der Waals surface area contributed by atoms with Gasteiger partial charge in [0.2, 0.25) is 0 Å². The number of amides is 1. The number of rotatable bonds is 2. The lowest BCUT2D eigenvalue weighted by Crippen LogP contribution is -2.37. The van der Waals surface area contributed by atoms with Gasteiger partial charge in [-0.2, -0.15) is 0 Å². The lowest BCUT2D eigenvalue weighted by molar-refractivity contribution is 0.0254. The van der Waals surface area contributed by atoms with Crippen LogP contribution in [0.1, 0.15) is 46.5 Å².